The maximum Gasteiger partial charge on any atom is 0.191 e. The number of halogens is 1. The van der Waals surface area contributed by atoms with Crippen LogP contribution in [-0.4, -0.2) is 46.5 Å². The van der Waals surface area contributed by atoms with Gasteiger partial charge >= 0.3 is 0 Å². The Morgan fingerprint density at radius 3 is 2.47 bits per heavy atom. The third-order valence-electron chi connectivity index (χ3n) is 6.19. The smallest absolute Gasteiger partial charge is 0.191 e. The van der Waals surface area contributed by atoms with Gasteiger partial charge in [0, 0.05) is 32.7 Å². The van der Waals surface area contributed by atoms with Crippen molar-refractivity contribution >= 4 is 29.9 Å². The summed E-state index contributed by atoms with van der Waals surface area (Å²) < 4.78 is 7.77. The number of nitrogens with zero attached hydrogens (tertiary/aromatic N) is 4. The molecule has 7 nitrogen and oxygen atoms in total. The molecule has 0 amide bonds. The molecule has 1 aromatic heterocycles. The summed E-state index contributed by atoms with van der Waals surface area (Å²) in [5.41, 5.74) is 2.64. The number of rotatable bonds is 9. The van der Waals surface area contributed by atoms with Crippen molar-refractivity contribution in [3.05, 3.63) is 83.4 Å². The first-order valence-corrected chi connectivity index (χ1v) is 11.8. The molecule has 2 aromatic carbocycles. The van der Waals surface area contributed by atoms with E-state index in [1.54, 1.807) is 0 Å². The van der Waals surface area contributed by atoms with E-state index in [0.29, 0.717) is 12.5 Å². The number of aromatic nitrogens is 3. The van der Waals surface area contributed by atoms with Crippen molar-refractivity contribution in [1.29, 1.82) is 0 Å². The minimum Gasteiger partial charge on any atom is -0.376 e. The van der Waals surface area contributed by atoms with Gasteiger partial charge in [-0.05, 0) is 37.3 Å². The highest BCUT2D eigenvalue weighted by Crippen LogP contribution is 2.20. The predicted octanol–water partition coefficient (Wildman–Crippen LogP) is 3.98. The van der Waals surface area contributed by atoms with E-state index in [1.165, 1.54) is 11.1 Å². The molecule has 2 heterocycles. The summed E-state index contributed by atoms with van der Waals surface area (Å²) in [6.45, 7) is 4.78. The van der Waals surface area contributed by atoms with Gasteiger partial charge in [-0.3, -0.25) is 0 Å². The topological polar surface area (TPSA) is 76.4 Å². The first-order chi connectivity index (χ1) is 16.2. The summed E-state index contributed by atoms with van der Waals surface area (Å²) in [4.78, 5) is 4.82. The van der Waals surface area contributed by atoms with Crippen molar-refractivity contribution in [2.75, 3.05) is 19.7 Å². The number of hydrogen-bond acceptors (Lipinski definition) is 4. The Morgan fingerprint density at radius 2 is 1.82 bits per heavy atom. The van der Waals surface area contributed by atoms with Crippen LogP contribution in [0.3, 0.4) is 0 Å². The summed E-state index contributed by atoms with van der Waals surface area (Å²) in [5.74, 6) is 2.82. The number of benzene rings is 2. The molecule has 2 atom stereocenters. The second kappa shape index (κ2) is 13.4. The van der Waals surface area contributed by atoms with Crippen LogP contribution in [0.5, 0.6) is 0 Å². The van der Waals surface area contributed by atoms with E-state index in [1.807, 2.05) is 18.5 Å². The molecule has 0 bridgehead atoms. The lowest BCUT2D eigenvalue weighted by Crippen LogP contribution is -2.43. The number of aryl methyl sites for hydroxylation is 1. The van der Waals surface area contributed by atoms with E-state index in [9.17, 15) is 0 Å². The lowest BCUT2D eigenvalue weighted by Gasteiger charge is -2.21. The molecule has 0 aliphatic carbocycles. The summed E-state index contributed by atoms with van der Waals surface area (Å²) >= 11 is 0. The summed E-state index contributed by atoms with van der Waals surface area (Å²) in [6.07, 6.45) is 3.41. The first-order valence-electron chi connectivity index (χ1n) is 11.8. The SMILES string of the molecule is Cc1nnc(CN=C(NCC2CCCO2)NCC(Cc2ccccc2)c2ccccc2)n1C.I. The van der Waals surface area contributed by atoms with E-state index in [2.05, 4.69) is 81.5 Å². The van der Waals surface area contributed by atoms with Crippen LogP contribution in [0.15, 0.2) is 65.7 Å². The monoisotopic (exact) mass is 574 g/mol. The van der Waals surface area contributed by atoms with Crippen LogP contribution in [0.4, 0.5) is 0 Å². The molecule has 1 saturated heterocycles. The molecule has 0 radical (unpaired) electrons. The number of ether oxygens (including phenoxy) is 1. The molecule has 182 valence electrons. The van der Waals surface area contributed by atoms with Gasteiger partial charge in [0.05, 0.1) is 6.10 Å². The zero-order chi connectivity index (χ0) is 22.9. The molecule has 0 saturated carbocycles. The molecule has 1 aliphatic heterocycles. The fourth-order valence-corrected chi connectivity index (χ4v) is 4.08. The standard InChI is InChI=1S/C26H34N6O.HI/c1-20-30-31-25(32(20)2)19-29-26(28-18-24-14-9-15-33-24)27-17-23(22-12-7-4-8-13-22)16-21-10-5-3-6-11-21;/h3-8,10-13,23-24H,9,14-19H2,1-2H3,(H2,27,28,29);1H. The van der Waals surface area contributed by atoms with Gasteiger partial charge in [-0.1, -0.05) is 60.7 Å². The van der Waals surface area contributed by atoms with E-state index in [0.717, 1.165) is 56.6 Å². The van der Waals surface area contributed by atoms with Crippen LogP contribution < -0.4 is 10.6 Å². The quantitative estimate of drug-likeness (QED) is 0.230. The highest BCUT2D eigenvalue weighted by Gasteiger charge is 2.17. The third kappa shape index (κ3) is 7.53. The Kier molecular flexibility index (Phi) is 10.3. The van der Waals surface area contributed by atoms with Gasteiger partial charge in [-0.15, -0.1) is 34.2 Å². The third-order valence-corrected chi connectivity index (χ3v) is 6.19. The van der Waals surface area contributed by atoms with Gasteiger partial charge in [0.25, 0.3) is 0 Å². The molecular formula is C26H35IN6O. The van der Waals surface area contributed by atoms with E-state index >= 15 is 0 Å². The molecule has 2 N–H and O–H groups in total. The van der Waals surface area contributed by atoms with Gasteiger partial charge in [-0.2, -0.15) is 0 Å². The number of aliphatic imine (C=N–C) groups is 1. The van der Waals surface area contributed by atoms with Gasteiger partial charge in [0.15, 0.2) is 11.8 Å². The maximum atomic E-state index is 5.79. The molecule has 3 aromatic rings. The van der Waals surface area contributed by atoms with Crippen molar-refractivity contribution in [3.8, 4) is 0 Å². The van der Waals surface area contributed by atoms with Crippen LogP contribution in [-0.2, 0) is 24.8 Å². The zero-order valence-corrected chi connectivity index (χ0v) is 22.3. The predicted molar refractivity (Wildman–Crippen MR) is 147 cm³/mol. The van der Waals surface area contributed by atoms with Crippen molar-refractivity contribution in [1.82, 2.24) is 25.4 Å². The van der Waals surface area contributed by atoms with Crippen molar-refractivity contribution < 1.29 is 4.74 Å². The molecule has 4 rings (SSSR count). The van der Waals surface area contributed by atoms with Gasteiger partial charge in [-0.25, -0.2) is 4.99 Å². The maximum absolute atomic E-state index is 5.79. The van der Waals surface area contributed by atoms with Crippen LogP contribution >= 0.6 is 24.0 Å². The minimum absolute atomic E-state index is 0. The van der Waals surface area contributed by atoms with Crippen LogP contribution in [0.2, 0.25) is 0 Å². The number of hydrogen-bond donors (Lipinski definition) is 2. The molecule has 2 unspecified atom stereocenters. The second-order valence-corrected chi connectivity index (χ2v) is 8.58. The highest BCUT2D eigenvalue weighted by molar-refractivity contribution is 14.0. The van der Waals surface area contributed by atoms with Crippen LogP contribution in [0.25, 0.3) is 0 Å². The second-order valence-electron chi connectivity index (χ2n) is 8.58. The van der Waals surface area contributed by atoms with Crippen molar-refractivity contribution in [2.45, 2.75) is 44.8 Å². The van der Waals surface area contributed by atoms with E-state index in [4.69, 9.17) is 9.73 Å². The van der Waals surface area contributed by atoms with Crippen molar-refractivity contribution in [2.24, 2.45) is 12.0 Å². The van der Waals surface area contributed by atoms with Gasteiger partial charge in [0.1, 0.15) is 12.4 Å². The fourth-order valence-electron chi connectivity index (χ4n) is 4.08. The molecule has 1 fully saturated rings. The fraction of sp³-hybridized carbons (Fsp3) is 0.423. The van der Waals surface area contributed by atoms with Crippen molar-refractivity contribution in [3.63, 3.8) is 0 Å². The Bertz CT molecular complexity index is 1020. The van der Waals surface area contributed by atoms with Gasteiger partial charge in [0.2, 0.25) is 0 Å². The lowest BCUT2D eigenvalue weighted by atomic mass is 9.92. The Labute approximate surface area is 219 Å². The molecule has 8 heteroatoms. The summed E-state index contributed by atoms with van der Waals surface area (Å²) in [6, 6.07) is 21.3. The number of guanidine groups is 1. The summed E-state index contributed by atoms with van der Waals surface area (Å²) in [5, 5.41) is 15.5. The summed E-state index contributed by atoms with van der Waals surface area (Å²) in [7, 11) is 1.97. The van der Waals surface area contributed by atoms with Crippen LogP contribution in [0.1, 0.15) is 41.5 Å². The average Bonchev–Trinajstić information content (AvgIpc) is 3.49. The molecule has 1 aliphatic rings. The molecule has 0 spiro atoms. The molecule has 34 heavy (non-hydrogen) atoms. The molecular weight excluding hydrogens is 539 g/mol. The van der Waals surface area contributed by atoms with E-state index in [-0.39, 0.29) is 30.1 Å². The van der Waals surface area contributed by atoms with Gasteiger partial charge < -0.3 is 19.9 Å². The lowest BCUT2D eigenvalue weighted by molar-refractivity contribution is 0.113. The Hall–Kier alpha value is -2.46. The van der Waals surface area contributed by atoms with E-state index < -0.39 is 0 Å². The number of nitrogens with one attached hydrogen (secondary N) is 2. The first kappa shape index (κ1) is 26.2. The highest BCUT2D eigenvalue weighted by atomic mass is 127. The Morgan fingerprint density at radius 1 is 1.09 bits per heavy atom. The zero-order valence-electron chi connectivity index (χ0n) is 20.0. The Balaban J connectivity index is 0.00000324. The largest absolute Gasteiger partial charge is 0.376 e. The average molecular weight is 575 g/mol. The minimum atomic E-state index is 0. The normalized spacial score (nSPS) is 16.6. The van der Waals surface area contributed by atoms with Crippen LogP contribution in [0, 0.1) is 6.92 Å².